The van der Waals surface area contributed by atoms with Crippen LogP contribution in [0, 0.1) is 59.2 Å². The number of rotatable bonds is 15. The van der Waals surface area contributed by atoms with Crippen molar-refractivity contribution in [3.05, 3.63) is 22.7 Å². The Morgan fingerprint density at radius 3 is 1.07 bits per heavy atom. The Morgan fingerprint density at radius 1 is 0.426 bits per heavy atom. The van der Waals surface area contributed by atoms with Crippen LogP contribution in [0.25, 0.3) is 0 Å². The smallest absolute Gasteiger partial charge is 0.337 e. The van der Waals surface area contributed by atoms with Gasteiger partial charge in [0.1, 0.15) is 11.5 Å². The second-order valence-corrected chi connectivity index (χ2v) is 20.3. The zero-order valence-electron chi connectivity index (χ0n) is 39.5. The van der Waals surface area contributed by atoms with Gasteiger partial charge in [0.2, 0.25) is 0 Å². The van der Waals surface area contributed by atoms with E-state index in [1.807, 2.05) is 13.8 Å². The third kappa shape index (κ3) is 15.0. The Morgan fingerprint density at radius 2 is 0.754 bits per heavy atom. The van der Waals surface area contributed by atoms with Crippen LogP contribution >= 0.6 is 0 Å². The van der Waals surface area contributed by atoms with Crippen LogP contribution in [0.4, 0.5) is 0 Å². The molecule has 61 heavy (non-hydrogen) atoms. The average Bonchev–Trinajstić information content (AvgIpc) is 3.26. The number of allylic oxidation sites excluding steroid dienone is 2. The Labute approximate surface area is 370 Å². The maximum atomic E-state index is 12.4. The second-order valence-electron chi connectivity index (χ2n) is 20.3. The van der Waals surface area contributed by atoms with E-state index in [1.54, 1.807) is 0 Å². The van der Waals surface area contributed by atoms with Crippen molar-refractivity contribution < 1.29 is 38.1 Å². The Bertz CT molecular complexity index is 1450. The normalized spacial score (nSPS) is 32.2. The Hall–Kier alpha value is -2.64. The molecule has 0 N–H and O–H groups in total. The highest BCUT2D eigenvalue weighted by molar-refractivity contribution is 5.90. The topological polar surface area (TPSA) is 105 Å². The zero-order valence-corrected chi connectivity index (χ0v) is 39.5. The van der Waals surface area contributed by atoms with Crippen molar-refractivity contribution in [3.8, 4) is 0 Å². The number of ether oxygens (including phenoxy) is 4. The molecule has 346 valence electrons. The van der Waals surface area contributed by atoms with E-state index in [0.29, 0.717) is 85.2 Å². The van der Waals surface area contributed by atoms with Crippen LogP contribution in [-0.2, 0) is 38.1 Å². The molecule has 6 aliphatic rings. The molecule has 6 aliphatic carbocycles. The van der Waals surface area contributed by atoms with Crippen LogP contribution in [0.5, 0.6) is 0 Å². The van der Waals surface area contributed by atoms with Gasteiger partial charge in [0.25, 0.3) is 0 Å². The first-order chi connectivity index (χ1) is 29.5. The fourth-order valence-electron chi connectivity index (χ4n) is 13.0. The molecule has 2 atom stereocenters. The maximum absolute atomic E-state index is 12.4. The van der Waals surface area contributed by atoms with Gasteiger partial charge in [-0.2, -0.15) is 0 Å². The first-order valence-electron chi connectivity index (χ1n) is 25.7. The van der Waals surface area contributed by atoms with E-state index in [4.69, 9.17) is 18.9 Å². The average molecular weight is 851 g/mol. The van der Waals surface area contributed by atoms with Gasteiger partial charge in [-0.25, -0.2) is 9.59 Å². The summed E-state index contributed by atoms with van der Waals surface area (Å²) in [6, 6.07) is 0. The summed E-state index contributed by atoms with van der Waals surface area (Å²) in [7, 11) is 0. The highest BCUT2D eigenvalue weighted by Crippen LogP contribution is 2.48. The molecular formula is C53H86O8. The van der Waals surface area contributed by atoms with E-state index in [1.165, 1.54) is 142 Å². The largest absolute Gasteiger partial charge is 0.463 e. The van der Waals surface area contributed by atoms with E-state index in [9.17, 15) is 19.2 Å². The lowest BCUT2D eigenvalue weighted by Crippen LogP contribution is -2.30. The van der Waals surface area contributed by atoms with Crippen molar-refractivity contribution in [2.45, 2.75) is 215 Å². The predicted octanol–water partition coefficient (Wildman–Crippen LogP) is 13.5. The van der Waals surface area contributed by atoms with Crippen molar-refractivity contribution in [2.75, 3.05) is 13.2 Å². The summed E-state index contributed by atoms with van der Waals surface area (Å²) in [6.45, 7) is 12.0. The molecule has 8 nitrogen and oxygen atoms in total. The third-order valence-electron chi connectivity index (χ3n) is 16.3. The quantitative estimate of drug-likeness (QED) is 0.118. The zero-order chi connectivity index (χ0) is 43.7. The number of carbonyl (C=O) groups is 4. The maximum Gasteiger partial charge on any atom is 0.337 e. The molecule has 0 aromatic rings. The molecule has 8 heteroatoms. The fraction of sp³-hybridized carbons (Fsp3) is 0.849. The summed E-state index contributed by atoms with van der Waals surface area (Å²) < 4.78 is 21.5. The lowest BCUT2D eigenvalue weighted by molar-refractivity contribution is -0.142. The number of carbonyl (C=O) groups excluding carboxylic acids is 4. The van der Waals surface area contributed by atoms with Crippen molar-refractivity contribution in [1.29, 1.82) is 0 Å². The van der Waals surface area contributed by atoms with E-state index >= 15 is 0 Å². The molecule has 0 aliphatic heterocycles. The minimum absolute atomic E-state index is 0.293. The molecule has 4 fully saturated rings. The Kier molecular flexibility index (Phi) is 20.7. The minimum Gasteiger partial charge on any atom is -0.463 e. The fourth-order valence-corrected chi connectivity index (χ4v) is 13.0. The van der Waals surface area contributed by atoms with Gasteiger partial charge in [-0.05, 0) is 175 Å². The molecule has 0 aromatic heterocycles. The summed E-state index contributed by atoms with van der Waals surface area (Å²) in [5.41, 5.74) is 1.18. The summed E-state index contributed by atoms with van der Waals surface area (Å²) in [5.74, 6) is 8.08. The van der Waals surface area contributed by atoms with Gasteiger partial charge in [0.15, 0.2) is 0 Å². The molecule has 2 unspecified atom stereocenters. The van der Waals surface area contributed by atoms with Crippen LogP contribution in [0.1, 0.15) is 215 Å². The van der Waals surface area contributed by atoms with Crippen LogP contribution < -0.4 is 0 Å². The molecular weight excluding hydrogens is 765 g/mol. The molecule has 6 rings (SSSR count). The van der Waals surface area contributed by atoms with Gasteiger partial charge >= 0.3 is 23.9 Å². The minimum atomic E-state index is -0.338. The summed E-state index contributed by atoms with van der Waals surface area (Å²) in [5, 5.41) is 0. The molecule has 0 spiro atoms. The molecule has 4 saturated carbocycles. The van der Waals surface area contributed by atoms with Crippen LogP contribution in [-0.4, -0.2) is 37.1 Å². The van der Waals surface area contributed by atoms with E-state index in [0.717, 1.165) is 54.8 Å². The second kappa shape index (κ2) is 25.6. The molecule has 0 saturated heterocycles. The monoisotopic (exact) mass is 851 g/mol. The number of hydrogen-bond donors (Lipinski definition) is 0. The first kappa shape index (κ1) is 49.4. The molecule has 0 heterocycles. The van der Waals surface area contributed by atoms with Crippen molar-refractivity contribution in [3.63, 3.8) is 0 Å². The van der Waals surface area contributed by atoms with Crippen molar-refractivity contribution in [2.24, 2.45) is 59.2 Å². The van der Waals surface area contributed by atoms with Gasteiger partial charge in [-0.3, -0.25) is 9.59 Å². The summed E-state index contributed by atoms with van der Waals surface area (Å²) in [6.07, 6.45) is 33.4. The highest BCUT2D eigenvalue weighted by atomic mass is 16.6. The van der Waals surface area contributed by atoms with E-state index in [2.05, 4.69) is 13.8 Å². The standard InChI is InChI=1S/C27H44O4.C26H42O4/c1-4-6-20-7-9-21(10-8-20)22-11-13-23(14-12-22)24-15-16-25(27(29)30-17-5-2)26(18-24)31-19(3)28;1-4-6-19-7-9-20(10-8-19)21-11-13-22(14-12-21)23-15-16-24(26(28)29-5-2)25(17-23)30-18(3)27/h20-24H,4-18H2,1-3H3;19-23H,4-17H2,1-3H3. The molecule has 0 amide bonds. The third-order valence-corrected chi connectivity index (χ3v) is 16.3. The van der Waals surface area contributed by atoms with Gasteiger partial charge in [-0.1, -0.05) is 72.1 Å². The summed E-state index contributed by atoms with van der Waals surface area (Å²) in [4.78, 5) is 48.0. The van der Waals surface area contributed by atoms with Crippen molar-refractivity contribution >= 4 is 23.9 Å². The molecule has 0 aromatic carbocycles. The van der Waals surface area contributed by atoms with E-state index < -0.39 is 0 Å². The predicted molar refractivity (Wildman–Crippen MR) is 242 cm³/mol. The van der Waals surface area contributed by atoms with E-state index in [-0.39, 0.29) is 23.9 Å². The first-order valence-corrected chi connectivity index (χ1v) is 25.7. The van der Waals surface area contributed by atoms with Crippen molar-refractivity contribution in [1.82, 2.24) is 0 Å². The summed E-state index contributed by atoms with van der Waals surface area (Å²) >= 11 is 0. The number of esters is 4. The van der Waals surface area contributed by atoms with Crippen LogP contribution in [0.2, 0.25) is 0 Å². The molecule has 0 radical (unpaired) electrons. The highest BCUT2D eigenvalue weighted by Gasteiger charge is 2.38. The van der Waals surface area contributed by atoms with Gasteiger partial charge in [0.05, 0.1) is 24.4 Å². The van der Waals surface area contributed by atoms with Gasteiger partial charge in [-0.15, -0.1) is 0 Å². The SMILES string of the molecule is CCCC1CCC(C2CCC(C3CCC(C(=O)OCC)=C(OC(C)=O)C3)CC2)CC1.CCCOC(=O)C1=C(OC(C)=O)CC(C2CCC(C3CCC(CCC)CC3)CC2)CC1. The Balaban J connectivity index is 0.000000231. The van der Waals surface area contributed by atoms with Crippen LogP contribution in [0.3, 0.4) is 0 Å². The molecule has 0 bridgehead atoms. The number of hydrogen-bond acceptors (Lipinski definition) is 8. The van der Waals surface area contributed by atoms with Gasteiger partial charge in [0, 0.05) is 26.7 Å². The lowest BCUT2D eigenvalue weighted by Gasteiger charge is -2.40. The lowest BCUT2D eigenvalue weighted by atomic mass is 9.65. The van der Waals surface area contributed by atoms with Crippen LogP contribution in [0.15, 0.2) is 22.7 Å². The van der Waals surface area contributed by atoms with Gasteiger partial charge < -0.3 is 18.9 Å².